The molecule has 3 rings (SSSR count). The maximum absolute atomic E-state index is 12.3. The van der Waals surface area contributed by atoms with E-state index in [1.54, 1.807) is 16.0 Å². The number of carbonyl (C=O) groups excluding carboxylic acids is 1. The lowest BCUT2D eigenvalue weighted by atomic mass is 9.97. The van der Waals surface area contributed by atoms with Crippen molar-refractivity contribution in [1.29, 1.82) is 0 Å². The second kappa shape index (κ2) is 6.41. The molecule has 6 nitrogen and oxygen atoms in total. The molecule has 2 aromatic heterocycles. The van der Waals surface area contributed by atoms with Gasteiger partial charge in [-0.25, -0.2) is 4.98 Å². The molecular weight excluding hydrogens is 310 g/mol. The number of carbonyl (C=O) groups is 1. The second-order valence-corrected chi connectivity index (χ2v) is 7.44. The summed E-state index contributed by atoms with van der Waals surface area (Å²) in [4.78, 5) is 20.4. The first-order valence-corrected chi connectivity index (χ1v) is 8.72. The first-order chi connectivity index (χ1) is 10.9. The van der Waals surface area contributed by atoms with E-state index < -0.39 is 0 Å². The lowest BCUT2D eigenvalue weighted by Crippen LogP contribution is -2.34. The molecule has 2 aromatic rings. The SMILES string of the molecule is Cc1cc(NC(=O)CN(C)[C@@H]2CCCc3nc(C)sc32)n(C)n1. The molecule has 0 radical (unpaired) electrons. The molecule has 0 fully saturated rings. The number of likely N-dealkylation sites (N-methyl/N-ethyl adjacent to an activating group) is 1. The summed E-state index contributed by atoms with van der Waals surface area (Å²) in [5.41, 5.74) is 2.12. The van der Waals surface area contributed by atoms with E-state index in [0.29, 0.717) is 12.6 Å². The molecule has 1 aliphatic carbocycles. The summed E-state index contributed by atoms with van der Waals surface area (Å²) < 4.78 is 1.69. The predicted octanol–water partition coefficient (Wildman–Crippen LogP) is 2.44. The summed E-state index contributed by atoms with van der Waals surface area (Å²) >= 11 is 1.76. The third kappa shape index (κ3) is 3.45. The van der Waals surface area contributed by atoms with Gasteiger partial charge in [0, 0.05) is 24.0 Å². The van der Waals surface area contributed by atoms with Crippen LogP contribution < -0.4 is 5.32 Å². The quantitative estimate of drug-likeness (QED) is 0.933. The highest BCUT2D eigenvalue weighted by Crippen LogP contribution is 2.37. The largest absolute Gasteiger partial charge is 0.310 e. The zero-order valence-corrected chi connectivity index (χ0v) is 14.9. The van der Waals surface area contributed by atoms with Crippen molar-refractivity contribution in [2.45, 2.75) is 39.2 Å². The van der Waals surface area contributed by atoms with Gasteiger partial charge in [-0.1, -0.05) is 0 Å². The molecular formula is C16H23N5OS. The lowest BCUT2D eigenvalue weighted by molar-refractivity contribution is -0.117. The molecule has 1 atom stereocenters. The minimum absolute atomic E-state index is 0.0103. The van der Waals surface area contributed by atoms with Crippen molar-refractivity contribution >= 4 is 23.1 Å². The van der Waals surface area contributed by atoms with E-state index in [1.807, 2.05) is 27.1 Å². The van der Waals surface area contributed by atoms with Crippen LogP contribution in [0.3, 0.4) is 0 Å². The number of fused-ring (bicyclic) bond motifs is 1. The van der Waals surface area contributed by atoms with Crippen molar-refractivity contribution in [1.82, 2.24) is 19.7 Å². The van der Waals surface area contributed by atoms with Crippen LogP contribution in [-0.4, -0.2) is 39.2 Å². The number of anilines is 1. The highest BCUT2D eigenvalue weighted by molar-refractivity contribution is 7.11. The van der Waals surface area contributed by atoms with Gasteiger partial charge in [-0.05, 0) is 40.2 Å². The molecule has 0 aromatic carbocycles. The Kier molecular flexibility index (Phi) is 4.50. The Morgan fingerprint density at radius 3 is 3.00 bits per heavy atom. The van der Waals surface area contributed by atoms with E-state index in [-0.39, 0.29) is 5.91 Å². The average molecular weight is 333 g/mol. The first kappa shape index (κ1) is 16.1. The fourth-order valence-electron chi connectivity index (χ4n) is 3.19. The van der Waals surface area contributed by atoms with Gasteiger partial charge in [-0.2, -0.15) is 5.10 Å². The van der Waals surface area contributed by atoms with E-state index >= 15 is 0 Å². The molecule has 1 amide bonds. The van der Waals surface area contributed by atoms with Crippen LogP contribution in [0.25, 0.3) is 0 Å². The summed E-state index contributed by atoms with van der Waals surface area (Å²) in [6, 6.07) is 2.17. The number of aryl methyl sites for hydroxylation is 4. The van der Waals surface area contributed by atoms with Crippen molar-refractivity contribution in [3.8, 4) is 0 Å². The van der Waals surface area contributed by atoms with Crippen molar-refractivity contribution in [3.05, 3.63) is 27.3 Å². The number of nitrogens with zero attached hydrogens (tertiary/aromatic N) is 4. The van der Waals surface area contributed by atoms with Crippen LogP contribution >= 0.6 is 11.3 Å². The standard InChI is InChI=1S/C16H23N5OS/c1-10-8-14(21(4)19-10)18-15(22)9-20(3)13-7-5-6-12-16(13)23-11(2)17-12/h8,13H,5-7,9H2,1-4H3,(H,18,22)/t13-/m1/s1. The molecule has 0 saturated carbocycles. The third-order valence-corrected chi connectivity index (χ3v) is 5.34. The van der Waals surface area contributed by atoms with Gasteiger partial charge >= 0.3 is 0 Å². The number of thiazole rings is 1. The zero-order chi connectivity index (χ0) is 16.6. The molecule has 0 unspecified atom stereocenters. The molecule has 0 saturated heterocycles. The smallest absolute Gasteiger partial charge is 0.239 e. The van der Waals surface area contributed by atoms with E-state index in [9.17, 15) is 4.79 Å². The van der Waals surface area contributed by atoms with Crippen LogP contribution in [0.1, 0.15) is 40.2 Å². The maximum Gasteiger partial charge on any atom is 0.239 e. The summed E-state index contributed by atoms with van der Waals surface area (Å²) in [5, 5.41) is 8.30. The van der Waals surface area contributed by atoms with E-state index in [1.165, 1.54) is 10.6 Å². The fourth-order valence-corrected chi connectivity index (χ4v) is 4.36. The lowest BCUT2D eigenvalue weighted by Gasteiger charge is -2.30. The van der Waals surface area contributed by atoms with Crippen LogP contribution in [0.15, 0.2) is 6.07 Å². The second-order valence-electron chi connectivity index (χ2n) is 6.21. The number of hydrogen-bond donors (Lipinski definition) is 1. The van der Waals surface area contributed by atoms with Crippen LogP contribution in [0.4, 0.5) is 5.82 Å². The maximum atomic E-state index is 12.3. The van der Waals surface area contributed by atoms with Gasteiger partial charge < -0.3 is 5.32 Å². The fraction of sp³-hybridized carbons (Fsp3) is 0.562. The number of nitrogens with one attached hydrogen (secondary N) is 1. The Morgan fingerprint density at radius 1 is 1.52 bits per heavy atom. The van der Waals surface area contributed by atoms with Gasteiger partial charge in [0.2, 0.25) is 5.91 Å². The van der Waals surface area contributed by atoms with Crippen LogP contribution in [0.2, 0.25) is 0 Å². The van der Waals surface area contributed by atoms with Crippen molar-refractivity contribution in [2.75, 3.05) is 18.9 Å². The molecule has 124 valence electrons. The normalized spacial score (nSPS) is 17.3. The topological polar surface area (TPSA) is 63.1 Å². The average Bonchev–Trinajstić information content (AvgIpc) is 2.99. The zero-order valence-electron chi connectivity index (χ0n) is 14.1. The predicted molar refractivity (Wildman–Crippen MR) is 91.7 cm³/mol. The van der Waals surface area contributed by atoms with Gasteiger partial charge in [0.25, 0.3) is 0 Å². The monoisotopic (exact) mass is 333 g/mol. The molecule has 0 aliphatic heterocycles. The molecule has 2 heterocycles. The Hall–Kier alpha value is -1.73. The van der Waals surface area contributed by atoms with Gasteiger partial charge in [-0.15, -0.1) is 11.3 Å². The minimum atomic E-state index is -0.0103. The molecule has 1 aliphatic rings. The number of amides is 1. The number of rotatable bonds is 4. The molecule has 0 spiro atoms. The number of hydrogen-bond acceptors (Lipinski definition) is 5. The van der Waals surface area contributed by atoms with Crippen LogP contribution in [0.5, 0.6) is 0 Å². The van der Waals surface area contributed by atoms with Crippen molar-refractivity contribution in [3.63, 3.8) is 0 Å². The van der Waals surface area contributed by atoms with E-state index in [0.717, 1.165) is 35.8 Å². The van der Waals surface area contributed by atoms with Crippen molar-refractivity contribution < 1.29 is 4.79 Å². The Bertz CT molecular complexity index is 720. The summed E-state index contributed by atoms with van der Waals surface area (Å²) in [6.45, 7) is 4.33. The Balaban J connectivity index is 1.66. The van der Waals surface area contributed by atoms with Crippen LogP contribution in [0, 0.1) is 13.8 Å². The van der Waals surface area contributed by atoms with Gasteiger partial charge in [0.1, 0.15) is 5.82 Å². The van der Waals surface area contributed by atoms with Gasteiger partial charge in [-0.3, -0.25) is 14.4 Å². The summed E-state index contributed by atoms with van der Waals surface area (Å²) in [7, 11) is 3.85. The Labute approximate surface area is 140 Å². The highest BCUT2D eigenvalue weighted by Gasteiger charge is 2.28. The minimum Gasteiger partial charge on any atom is -0.310 e. The van der Waals surface area contributed by atoms with Gasteiger partial charge in [0.05, 0.1) is 22.9 Å². The Morgan fingerprint density at radius 2 is 2.30 bits per heavy atom. The molecule has 7 heteroatoms. The number of aromatic nitrogens is 3. The highest BCUT2D eigenvalue weighted by atomic mass is 32.1. The van der Waals surface area contributed by atoms with E-state index in [4.69, 9.17) is 0 Å². The molecule has 1 N–H and O–H groups in total. The van der Waals surface area contributed by atoms with E-state index in [2.05, 4.69) is 27.2 Å². The molecule has 0 bridgehead atoms. The molecule has 23 heavy (non-hydrogen) atoms. The third-order valence-electron chi connectivity index (χ3n) is 4.22. The first-order valence-electron chi connectivity index (χ1n) is 7.91. The summed E-state index contributed by atoms with van der Waals surface area (Å²) in [5.74, 6) is 0.725. The summed E-state index contributed by atoms with van der Waals surface area (Å²) in [6.07, 6.45) is 3.28. The van der Waals surface area contributed by atoms with Crippen LogP contribution in [-0.2, 0) is 18.3 Å². The van der Waals surface area contributed by atoms with Crippen molar-refractivity contribution in [2.24, 2.45) is 7.05 Å². The van der Waals surface area contributed by atoms with Gasteiger partial charge in [0.15, 0.2) is 0 Å².